The van der Waals surface area contributed by atoms with Crippen LogP contribution in [-0.2, 0) is 0 Å². The minimum atomic E-state index is 0.899. The third-order valence-corrected chi connectivity index (χ3v) is 3.73. The van der Waals surface area contributed by atoms with E-state index >= 15 is 0 Å². The van der Waals surface area contributed by atoms with Crippen molar-refractivity contribution in [2.24, 2.45) is 0 Å². The Labute approximate surface area is 126 Å². The zero-order chi connectivity index (χ0) is 15.6. The van der Waals surface area contributed by atoms with Crippen molar-refractivity contribution < 1.29 is 0 Å². The van der Waals surface area contributed by atoms with Gasteiger partial charge in [0.2, 0.25) is 0 Å². The summed E-state index contributed by atoms with van der Waals surface area (Å²) in [7, 11) is 0. The molecule has 2 aromatic rings. The molecule has 2 rings (SSSR count). The van der Waals surface area contributed by atoms with Gasteiger partial charge in [0.15, 0.2) is 0 Å². The molecule has 1 aromatic carbocycles. The van der Waals surface area contributed by atoms with Gasteiger partial charge in [-0.1, -0.05) is 50.6 Å². The molecule has 0 unspecified atom stereocenters. The Balaban J connectivity index is 2.69. The van der Waals surface area contributed by atoms with Gasteiger partial charge in [-0.25, -0.2) is 0 Å². The maximum absolute atomic E-state index is 4.15. The molecular weight excluding hydrogens is 254 g/mol. The number of aromatic nitrogens is 1. The molecule has 1 heteroatoms. The molecule has 1 nitrogen and oxygen atoms in total. The van der Waals surface area contributed by atoms with Gasteiger partial charge in [-0.2, -0.15) is 0 Å². The van der Waals surface area contributed by atoms with Crippen LogP contribution in [0.2, 0.25) is 0 Å². The fraction of sp³-hybridized carbons (Fsp3) is 0.100. The van der Waals surface area contributed by atoms with Crippen LogP contribution >= 0.6 is 0 Å². The molecule has 1 aromatic heterocycles. The molecule has 0 aliphatic heterocycles. The molecule has 106 valence electrons. The van der Waals surface area contributed by atoms with E-state index in [2.05, 4.69) is 49.1 Å². The quantitative estimate of drug-likeness (QED) is 0.747. The Kier molecular flexibility index (Phi) is 4.13. The van der Waals surface area contributed by atoms with E-state index < -0.39 is 0 Å². The van der Waals surface area contributed by atoms with E-state index in [0.717, 1.165) is 38.6 Å². The number of rotatable bonds is 4. The van der Waals surface area contributed by atoms with Gasteiger partial charge >= 0.3 is 0 Å². The van der Waals surface area contributed by atoms with E-state index in [0.29, 0.717) is 0 Å². The lowest BCUT2D eigenvalue weighted by Gasteiger charge is -2.10. The fourth-order valence-corrected chi connectivity index (χ4v) is 2.50. The predicted molar refractivity (Wildman–Crippen MR) is 94.7 cm³/mol. The van der Waals surface area contributed by atoms with E-state index in [1.54, 1.807) is 0 Å². The zero-order valence-electron chi connectivity index (χ0n) is 12.8. The Morgan fingerprint density at radius 1 is 1.24 bits per heavy atom. The standard InChI is InChI=1S/C20H21N/c1-7-10-14(3)18-11-9-12-19(13-18)21-17(6)15(4)16(5)20(21)8-2/h7-13H,2-4,6H2,1,5H3/b10-7-. The highest BCUT2D eigenvalue weighted by molar-refractivity contribution is 5.73. The zero-order valence-corrected chi connectivity index (χ0v) is 12.8. The Morgan fingerprint density at radius 2 is 1.95 bits per heavy atom. The molecule has 0 radical (unpaired) electrons. The van der Waals surface area contributed by atoms with Crippen LogP contribution in [-0.4, -0.2) is 4.57 Å². The summed E-state index contributed by atoms with van der Waals surface area (Å²) in [6.07, 6.45) is 5.85. The van der Waals surface area contributed by atoms with Crippen LogP contribution in [0.3, 0.4) is 0 Å². The SMILES string of the molecule is C=Cc1c(C)c(=C)c(=C)n1-c1cccc(C(=C)/C=C\C)c1. The highest BCUT2D eigenvalue weighted by Crippen LogP contribution is 2.19. The lowest BCUT2D eigenvalue weighted by Crippen LogP contribution is -2.26. The molecule has 21 heavy (non-hydrogen) atoms. The van der Waals surface area contributed by atoms with E-state index in [4.69, 9.17) is 0 Å². The summed E-state index contributed by atoms with van der Waals surface area (Å²) in [6, 6.07) is 8.27. The van der Waals surface area contributed by atoms with Crippen LogP contribution in [0.4, 0.5) is 0 Å². The topological polar surface area (TPSA) is 4.93 Å². The number of allylic oxidation sites excluding steroid dienone is 3. The molecule has 0 bridgehead atoms. The van der Waals surface area contributed by atoms with Crippen molar-refractivity contribution in [1.82, 2.24) is 4.57 Å². The van der Waals surface area contributed by atoms with Gasteiger partial charge in [0.1, 0.15) is 0 Å². The number of hydrogen-bond donors (Lipinski definition) is 0. The van der Waals surface area contributed by atoms with Gasteiger partial charge in [0.25, 0.3) is 0 Å². The van der Waals surface area contributed by atoms with Crippen molar-refractivity contribution >= 4 is 24.8 Å². The van der Waals surface area contributed by atoms with Gasteiger partial charge in [-0.3, -0.25) is 0 Å². The summed E-state index contributed by atoms with van der Waals surface area (Å²) < 4.78 is 2.09. The third-order valence-electron chi connectivity index (χ3n) is 3.73. The highest BCUT2D eigenvalue weighted by atomic mass is 15.0. The average molecular weight is 275 g/mol. The van der Waals surface area contributed by atoms with Gasteiger partial charge < -0.3 is 4.57 Å². The molecule has 1 heterocycles. The second-order valence-electron chi connectivity index (χ2n) is 5.05. The number of benzene rings is 1. The Hall–Kier alpha value is -2.54. The largest absolute Gasteiger partial charge is 0.310 e. The molecule has 0 aliphatic rings. The van der Waals surface area contributed by atoms with Gasteiger partial charge in [-0.15, -0.1) is 0 Å². The van der Waals surface area contributed by atoms with Crippen molar-refractivity contribution in [2.45, 2.75) is 13.8 Å². The molecule has 0 atom stereocenters. The first-order valence-electron chi connectivity index (χ1n) is 6.95. The van der Waals surface area contributed by atoms with Crippen molar-refractivity contribution in [3.05, 3.63) is 77.0 Å². The third kappa shape index (κ3) is 2.55. The van der Waals surface area contributed by atoms with Crippen molar-refractivity contribution in [3.8, 4) is 5.69 Å². The minimum absolute atomic E-state index is 0.899. The van der Waals surface area contributed by atoms with E-state index in [1.807, 2.05) is 38.1 Å². The van der Waals surface area contributed by atoms with Crippen LogP contribution in [0.25, 0.3) is 30.5 Å². The van der Waals surface area contributed by atoms with Gasteiger partial charge in [0.05, 0.1) is 0 Å². The summed E-state index contributed by atoms with van der Waals surface area (Å²) in [4.78, 5) is 0. The van der Waals surface area contributed by atoms with E-state index in [9.17, 15) is 0 Å². The first kappa shape index (κ1) is 14.9. The molecular formula is C20H21N. The number of hydrogen-bond acceptors (Lipinski definition) is 0. The molecule has 0 N–H and O–H groups in total. The van der Waals surface area contributed by atoms with Crippen molar-refractivity contribution in [2.75, 3.05) is 0 Å². The molecule has 0 saturated heterocycles. The van der Waals surface area contributed by atoms with Crippen LogP contribution in [0, 0.1) is 6.92 Å². The summed E-state index contributed by atoms with van der Waals surface area (Å²) in [5.41, 5.74) is 5.29. The second kappa shape index (κ2) is 5.84. The van der Waals surface area contributed by atoms with Gasteiger partial charge in [-0.05, 0) is 54.0 Å². The molecule has 0 amide bonds. The van der Waals surface area contributed by atoms with E-state index in [1.165, 1.54) is 0 Å². The van der Waals surface area contributed by atoms with Crippen LogP contribution < -0.4 is 10.6 Å². The Bertz CT molecular complexity index is 831. The van der Waals surface area contributed by atoms with Crippen LogP contribution in [0.5, 0.6) is 0 Å². The van der Waals surface area contributed by atoms with Gasteiger partial charge in [0, 0.05) is 16.7 Å². The number of nitrogens with zero attached hydrogens (tertiary/aromatic N) is 1. The van der Waals surface area contributed by atoms with Crippen molar-refractivity contribution in [1.29, 1.82) is 0 Å². The molecule has 0 saturated carbocycles. The van der Waals surface area contributed by atoms with Crippen molar-refractivity contribution in [3.63, 3.8) is 0 Å². The smallest absolute Gasteiger partial charge is 0.0491 e. The summed E-state index contributed by atoms with van der Waals surface area (Å²) in [5.74, 6) is 0. The lowest BCUT2D eigenvalue weighted by molar-refractivity contribution is 1.02. The molecule has 0 spiro atoms. The minimum Gasteiger partial charge on any atom is -0.310 e. The molecule has 0 fully saturated rings. The first-order valence-corrected chi connectivity index (χ1v) is 6.95. The monoisotopic (exact) mass is 275 g/mol. The summed E-state index contributed by atoms with van der Waals surface area (Å²) >= 11 is 0. The lowest BCUT2D eigenvalue weighted by atomic mass is 10.1. The first-order chi connectivity index (χ1) is 10.0. The van der Waals surface area contributed by atoms with E-state index in [-0.39, 0.29) is 0 Å². The predicted octanol–water partition coefficient (Wildman–Crippen LogP) is 3.84. The fourth-order valence-electron chi connectivity index (χ4n) is 2.50. The highest BCUT2D eigenvalue weighted by Gasteiger charge is 2.09. The normalized spacial score (nSPS) is 11.0. The second-order valence-corrected chi connectivity index (χ2v) is 5.05. The van der Waals surface area contributed by atoms with Crippen LogP contribution in [0.1, 0.15) is 23.7 Å². The molecule has 0 aliphatic carbocycles. The maximum atomic E-state index is 4.15. The maximum Gasteiger partial charge on any atom is 0.0491 e. The Morgan fingerprint density at radius 3 is 2.57 bits per heavy atom. The summed E-state index contributed by atoms with van der Waals surface area (Å²) in [6.45, 7) is 20.3. The average Bonchev–Trinajstić information content (AvgIpc) is 2.71. The summed E-state index contributed by atoms with van der Waals surface area (Å²) in [5, 5.41) is 1.86. The van der Waals surface area contributed by atoms with Crippen LogP contribution in [0.15, 0.2) is 49.6 Å².